The predicted molar refractivity (Wildman–Crippen MR) is 80.1 cm³/mol. The van der Waals surface area contributed by atoms with Crippen LogP contribution >= 0.6 is 0 Å². The molecular weight excluding hydrogens is 306 g/mol. The van der Waals surface area contributed by atoms with Crippen LogP contribution < -0.4 is 10.5 Å². The summed E-state index contributed by atoms with van der Waals surface area (Å²) in [6.45, 7) is 2.15. The summed E-state index contributed by atoms with van der Waals surface area (Å²) < 4.78 is 23.8. The molecule has 0 aliphatic carbocycles. The van der Waals surface area contributed by atoms with Crippen molar-refractivity contribution in [2.24, 2.45) is 5.14 Å². The van der Waals surface area contributed by atoms with Gasteiger partial charge < -0.3 is 5.32 Å². The third-order valence-corrected chi connectivity index (χ3v) is 4.51. The molecular formula is C13H15N5O3S. The highest BCUT2D eigenvalue weighted by atomic mass is 32.2. The Morgan fingerprint density at radius 3 is 2.64 bits per heavy atom. The van der Waals surface area contributed by atoms with Crippen LogP contribution in [0.25, 0.3) is 0 Å². The van der Waals surface area contributed by atoms with Gasteiger partial charge in [0, 0.05) is 17.7 Å². The lowest BCUT2D eigenvalue weighted by Crippen LogP contribution is -2.32. The Bertz CT molecular complexity index is 826. The van der Waals surface area contributed by atoms with Gasteiger partial charge >= 0.3 is 0 Å². The van der Waals surface area contributed by atoms with Crippen molar-refractivity contribution in [2.45, 2.75) is 20.0 Å². The number of carbonyl (C=O) groups is 1. The molecule has 1 aromatic heterocycles. The van der Waals surface area contributed by atoms with Crippen molar-refractivity contribution >= 4 is 21.9 Å². The number of nitrogens with two attached hydrogens (primary N) is 1. The molecule has 1 aromatic carbocycles. The molecule has 0 radical (unpaired) electrons. The van der Waals surface area contributed by atoms with Gasteiger partial charge in [0.2, 0.25) is 0 Å². The number of amides is 1. The highest BCUT2D eigenvalue weighted by Gasteiger charge is 2.31. The van der Waals surface area contributed by atoms with Gasteiger partial charge in [-0.1, -0.05) is 17.7 Å². The zero-order chi connectivity index (χ0) is 15.9. The Labute approximate surface area is 127 Å². The van der Waals surface area contributed by atoms with Crippen LogP contribution in [0.1, 0.15) is 27.2 Å². The van der Waals surface area contributed by atoms with Crippen LogP contribution in [0.3, 0.4) is 0 Å². The van der Waals surface area contributed by atoms with Crippen molar-refractivity contribution < 1.29 is 13.2 Å². The lowest BCUT2D eigenvalue weighted by molar-refractivity contribution is 0.102. The molecule has 22 heavy (non-hydrogen) atoms. The highest BCUT2D eigenvalue weighted by molar-refractivity contribution is 7.86. The van der Waals surface area contributed by atoms with Crippen LogP contribution in [0.15, 0.2) is 24.3 Å². The number of benzene rings is 1. The Balaban J connectivity index is 1.79. The fraction of sp³-hybridized carbons (Fsp3) is 0.231. The number of rotatable bonds is 3. The van der Waals surface area contributed by atoms with E-state index in [9.17, 15) is 13.2 Å². The lowest BCUT2D eigenvalue weighted by atomic mass is 10.1. The number of aryl methyl sites for hydroxylation is 1. The van der Waals surface area contributed by atoms with Crippen LogP contribution in [-0.2, 0) is 23.3 Å². The number of H-pyrrole nitrogens is 1. The van der Waals surface area contributed by atoms with E-state index in [0.717, 1.165) is 9.87 Å². The highest BCUT2D eigenvalue weighted by Crippen LogP contribution is 2.28. The van der Waals surface area contributed by atoms with Gasteiger partial charge in [0.25, 0.3) is 16.1 Å². The van der Waals surface area contributed by atoms with Crippen LogP contribution in [-0.4, -0.2) is 28.8 Å². The van der Waals surface area contributed by atoms with Crippen LogP contribution in [0.2, 0.25) is 0 Å². The first-order chi connectivity index (χ1) is 10.3. The second kappa shape index (κ2) is 5.20. The number of nitrogens with zero attached hydrogens (tertiary/aromatic N) is 2. The predicted octanol–water partition coefficient (Wildman–Crippen LogP) is 0.490. The van der Waals surface area contributed by atoms with E-state index in [1.807, 2.05) is 19.1 Å². The summed E-state index contributed by atoms with van der Waals surface area (Å²) in [6, 6.07) is 7.11. The molecule has 1 aliphatic heterocycles. The average Bonchev–Trinajstić information content (AvgIpc) is 3.01. The zero-order valence-electron chi connectivity index (χ0n) is 11.8. The summed E-state index contributed by atoms with van der Waals surface area (Å²) in [5, 5.41) is 14.5. The number of nitrogens with one attached hydrogen (secondary N) is 2. The molecule has 4 N–H and O–H groups in total. The van der Waals surface area contributed by atoms with E-state index in [4.69, 9.17) is 5.14 Å². The molecule has 0 saturated carbocycles. The van der Waals surface area contributed by atoms with Gasteiger partial charge in [0.1, 0.15) is 0 Å². The summed E-state index contributed by atoms with van der Waals surface area (Å²) in [6.07, 6.45) is 0. The topological polar surface area (TPSA) is 121 Å². The van der Waals surface area contributed by atoms with Gasteiger partial charge in [0.05, 0.1) is 12.2 Å². The molecule has 1 aliphatic rings. The first-order valence-electron chi connectivity index (χ1n) is 6.56. The molecule has 0 saturated heterocycles. The molecule has 0 bridgehead atoms. The third kappa shape index (κ3) is 2.73. The first-order valence-corrected chi connectivity index (χ1v) is 8.07. The minimum atomic E-state index is -3.77. The van der Waals surface area contributed by atoms with Gasteiger partial charge in [-0.25, -0.2) is 5.14 Å². The van der Waals surface area contributed by atoms with E-state index in [0.29, 0.717) is 22.6 Å². The maximum Gasteiger partial charge on any atom is 0.277 e. The second-order valence-corrected chi connectivity index (χ2v) is 6.71. The number of aromatic nitrogens is 2. The minimum absolute atomic E-state index is 0.0914. The summed E-state index contributed by atoms with van der Waals surface area (Å²) in [5.74, 6) is 0.0232. The van der Waals surface area contributed by atoms with Gasteiger partial charge in [-0.15, -0.1) is 0 Å². The molecule has 3 rings (SSSR count). The van der Waals surface area contributed by atoms with Crippen LogP contribution in [0, 0.1) is 6.92 Å². The Kier molecular flexibility index (Phi) is 3.47. The number of hydrogen-bond acceptors (Lipinski definition) is 4. The largest absolute Gasteiger partial charge is 0.305 e. The molecule has 1 amide bonds. The van der Waals surface area contributed by atoms with E-state index in [1.165, 1.54) is 0 Å². The fourth-order valence-corrected chi connectivity index (χ4v) is 2.90. The molecule has 8 nitrogen and oxygen atoms in total. The van der Waals surface area contributed by atoms with E-state index in [1.54, 1.807) is 12.1 Å². The molecule has 116 valence electrons. The summed E-state index contributed by atoms with van der Waals surface area (Å²) in [7, 11) is -3.77. The monoisotopic (exact) mass is 321 g/mol. The lowest BCUT2D eigenvalue weighted by Gasteiger charge is -2.11. The quantitative estimate of drug-likeness (QED) is 0.761. The zero-order valence-corrected chi connectivity index (χ0v) is 12.6. The van der Waals surface area contributed by atoms with Crippen molar-refractivity contribution in [3.05, 3.63) is 46.6 Å². The maximum atomic E-state index is 12.2. The number of aromatic amines is 1. The molecule has 0 fully saturated rings. The molecule has 0 atom stereocenters. The number of anilines is 1. The average molecular weight is 321 g/mol. The van der Waals surface area contributed by atoms with E-state index >= 15 is 0 Å². The Morgan fingerprint density at radius 2 is 2.00 bits per heavy atom. The molecule has 2 heterocycles. The summed E-state index contributed by atoms with van der Waals surface area (Å²) in [4.78, 5) is 12.2. The molecule has 0 unspecified atom stereocenters. The summed E-state index contributed by atoms with van der Waals surface area (Å²) >= 11 is 0. The fourth-order valence-electron chi connectivity index (χ4n) is 2.28. The van der Waals surface area contributed by atoms with Crippen molar-refractivity contribution in [2.75, 3.05) is 5.32 Å². The molecule has 0 spiro atoms. The van der Waals surface area contributed by atoms with Crippen molar-refractivity contribution in [3.8, 4) is 0 Å². The summed E-state index contributed by atoms with van der Waals surface area (Å²) in [5.41, 5.74) is 2.83. The van der Waals surface area contributed by atoms with Crippen LogP contribution in [0.4, 0.5) is 5.82 Å². The van der Waals surface area contributed by atoms with Gasteiger partial charge in [-0.2, -0.15) is 17.8 Å². The molecule has 9 heteroatoms. The third-order valence-electron chi connectivity index (χ3n) is 3.53. The van der Waals surface area contributed by atoms with Gasteiger partial charge in [0.15, 0.2) is 5.82 Å². The Hall–Kier alpha value is -2.23. The number of carbonyl (C=O) groups excluding carboxylic acids is 1. The van der Waals surface area contributed by atoms with E-state index in [2.05, 4.69) is 15.5 Å². The normalized spacial score (nSPS) is 14.8. The van der Waals surface area contributed by atoms with Crippen LogP contribution in [0.5, 0.6) is 0 Å². The van der Waals surface area contributed by atoms with E-state index in [-0.39, 0.29) is 19.0 Å². The maximum absolute atomic E-state index is 12.2. The van der Waals surface area contributed by atoms with E-state index < -0.39 is 10.2 Å². The standard InChI is InChI=1S/C13H15N5O3S/c1-8-2-4-9(5-3-8)13(19)15-12-10-6-18(22(14,20)21)7-11(10)16-17-12/h2-5H,6-7H2,1H3,(H2,14,20,21)(H2,15,16,17,19). The second-order valence-electron chi connectivity index (χ2n) is 5.16. The minimum Gasteiger partial charge on any atom is -0.305 e. The van der Waals surface area contributed by atoms with Gasteiger partial charge in [-0.3, -0.25) is 9.89 Å². The first kappa shape index (κ1) is 14.7. The number of hydrogen-bond donors (Lipinski definition) is 3. The molecule has 2 aromatic rings. The van der Waals surface area contributed by atoms with Crippen molar-refractivity contribution in [1.29, 1.82) is 0 Å². The van der Waals surface area contributed by atoms with Gasteiger partial charge in [-0.05, 0) is 19.1 Å². The SMILES string of the molecule is Cc1ccc(C(=O)Nc2n[nH]c3c2CN(S(N)(=O)=O)C3)cc1. The smallest absolute Gasteiger partial charge is 0.277 e. The Morgan fingerprint density at radius 1 is 1.32 bits per heavy atom. The van der Waals surface area contributed by atoms with Crippen molar-refractivity contribution in [1.82, 2.24) is 14.5 Å². The van der Waals surface area contributed by atoms with Crippen molar-refractivity contribution in [3.63, 3.8) is 0 Å². The number of fused-ring (bicyclic) bond motifs is 1.